The fourth-order valence-electron chi connectivity index (χ4n) is 10.8. The molecule has 2 unspecified atom stereocenters. The van der Waals surface area contributed by atoms with E-state index in [9.17, 15) is 15.0 Å². The Morgan fingerprint density at radius 1 is 0.308 bits per heavy atom. The standard InChI is InChI=1S/C74H137NO3/c1-3-5-7-9-11-13-15-17-19-21-23-25-27-29-31-33-35-37-39-41-43-45-47-49-51-53-55-57-59-61-63-65-67-69-73(77)72(71-76)75-74(78)70-68-66-64-62-60-58-56-54-52-50-48-46-44-42-40-38-36-34-32-30-28-26-24-22-20-18-16-14-12-10-8-6-4-2/h16,18,22,24,28,30,51,53,59,61,67,69,72-73,76-77H,3-15,17,19-21,23,25-27,29,31-50,52,54-58,60,62-66,68,70-71H2,1-2H3,(H,75,78)/b18-16-,24-22-,30-28-,53-51+,61-59+,69-67+. The van der Waals surface area contributed by atoms with E-state index >= 15 is 0 Å². The van der Waals surface area contributed by atoms with Gasteiger partial charge < -0.3 is 15.5 Å². The fraction of sp³-hybridized carbons (Fsp3) is 0.824. The van der Waals surface area contributed by atoms with E-state index in [2.05, 4.69) is 79.9 Å². The van der Waals surface area contributed by atoms with Crippen LogP contribution < -0.4 is 5.32 Å². The van der Waals surface area contributed by atoms with Gasteiger partial charge in [0.15, 0.2) is 0 Å². The van der Waals surface area contributed by atoms with Gasteiger partial charge in [-0.3, -0.25) is 4.79 Å². The number of aliphatic hydroxyl groups excluding tert-OH is 2. The van der Waals surface area contributed by atoms with Crippen LogP contribution in [0.25, 0.3) is 0 Å². The Bertz CT molecular complexity index is 1330. The molecule has 1 amide bonds. The fourth-order valence-corrected chi connectivity index (χ4v) is 10.8. The van der Waals surface area contributed by atoms with Crippen LogP contribution >= 0.6 is 0 Å². The zero-order valence-corrected chi connectivity index (χ0v) is 52.7. The van der Waals surface area contributed by atoms with Gasteiger partial charge in [0, 0.05) is 6.42 Å². The van der Waals surface area contributed by atoms with Gasteiger partial charge in [-0.25, -0.2) is 0 Å². The minimum absolute atomic E-state index is 0.0738. The Morgan fingerprint density at radius 2 is 0.538 bits per heavy atom. The molecule has 0 aromatic heterocycles. The molecule has 456 valence electrons. The van der Waals surface area contributed by atoms with Crippen molar-refractivity contribution in [2.75, 3.05) is 6.61 Å². The van der Waals surface area contributed by atoms with Crippen molar-refractivity contribution in [3.63, 3.8) is 0 Å². The van der Waals surface area contributed by atoms with Gasteiger partial charge in [0.05, 0.1) is 18.8 Å². The summed E-state index contributed by atoms with van der Waals surface area (Å²) in [6.45, 7) is 4.32. The molecule has 0 aliphatic carbocycles. The van der Waals surface area contributed by atoms with Crippen molar-refractivity contribution in [2.24, 2.45) is 0 Å². The predicted molar refractivity (Wildman–Crippen MR) is 350 cm³/mol. The minimum Gasteiger partial charge on any atom is -0.394 e. The highest BCUT2D eigenvalue weighted by molar-refractivity contribution is 5.76. The van der Waals surface area contributed by atoms with Gasteiger partial charge in [-0.15, -0.1) is 0 Å². The topological polar surface area (TPSA) is 69.6 Å². The summed E-state index contributed by atoms with van der Waals surface area (Å²) in [5.74, 6) is -0.0738. The summed E-state index contributed by atoms with van der Waals surface area (Å²) >= 11 is 0. The van der Waals surface area contributed by atoms with E-state index in [1.807, 2.05) is 6.08 Å². The van der Waals surface area contributed by atoms with Crippen LogP contribution in [0.15, 0.2) is 72.9 Å². The molecule has 0 aromatic carbocycles. The van der Waals surface area contributed by atoms with Gasteiger partial charge in [-0.05, 0) is 83.5 Å². The van der Waals surface area contributed by atoms with Gasteiger partial charge >= 0.3 is 0 Å². The molecule has 0 heterocycles. The van der Waals surface area contributed by atoms with Crippen molar-refractivity contribution in [2.45, 2.75) is 386 Å². The largest absolute Gasteiger partial charge is 0.394 e. The lowest BCUT2D eigenvalue weighted by atomic mass is 10.0. The summed E-state index contributed by atoms with van der Waals surface area (Å²) in [5.41, 5.74) is 0. The predicted octanol–water partition coefficient (Wildman–Crippen LogP) is 24.0. The summed E-state index contributed by atoms with van der Waals surface area (Å²) in [7, 11) is 0. The molecular weight excluding hydrogens is 951 g/mol. The zero-order valence-electron chi connectivity index (χ0n) is 52.7. The first-order valence-electron chi connectivity index (χ1n) is 35.2. The van der Waals surface area contributed by atoms with Crippen LogP contribution in [0.5, 0.6) is 0 Å². The molecule has 78 heavy (non-hydrogen) atoms. The van der Waals surface area contributed by atoms with E-state index in [0.29, 0.717) is 6.42 Å². The molecule has 0 saturated carbocycles. The van der Waals surface area contributed by atoms with E-state index in [4.69, 9.17) is 0 Å². The second-order valence-electron chi connectivity index (χ2n) is 23.9. The van der Waals surface area contributed by atoms with Crippen molar-refractivity contribution in [1.82, 2.24) is 5.32 Å². The number of carbonyl (C=O) groups is 1. The van der Waals surface area contributed by atoms with Crippen molar-refractivity contribution >= 4 is 5.91 Å². The maximum Gasteiger partial charge on any atom is 0.220 e. The van der Waals surface area contributed by atoms with Crippen molar-refractivity contribution in [1.29, 1.82) is 0 Å². The number of allylic oxidation sites excluding steroid dienone is 11. The molecule has 0 aliphatic rings. The number of amides is 1. The number of hydrogen-bond acceptors (Lipinski definition) is 3. The van der Waals surface area contributed by atoms with Gasteiger partial charge in [-0.2, -0.15) is 0 Å². The summed E-state index contributed by atoms with van der Waals surface area (Å²) in [4.78, 5) is 12.5. The van der Waals surface area contributed by atoms with E-state index in [0.717, 1.165) is 51.4 Å². The molecule has 4 nitrogen and oxygen atoms in total. The average Bonchev–Trinajstić information content (AvgIpc) is 3.44. The first kappa shape index (κ1) is 75.8. The van der Waals surface area contributed by atoms with Crippen LogP contribution in [0.2, 0.25) is 0 Å². The van der Waals surface area contributed by atoms with Crippen LogP contribution in [0.1, 0.15) is 373 Å². The molecule has 0 rings (SSSR count). The second kappa shape index (κ2) is 69.1. The lowest BCUT2D eigenvalue weighted by molar-refractivity contribution is -0.123. The van der Waals surface area contributed by atoms with E-state index in [1.165, 1.54) is 302 Å². The van der Waals surface area contributed by atoms with Crippen LogP contribution in [-0.2, 0) is 4.79 Å². The Hall–Kier alpha value is -2.17. The molecule has 4 heteroatoms. The van der Waals surface area contributed by atoms with Crippen LogP contribution in [-0.4, -0.2) is 34.9 Å². The summed E-state index contributed by atoms with van der Waals surface area (Å²) < 4.78 is 0. The average molecular weight is 1090 g/mol. The second-order valence-corrected chi connectivity index (χ2v) is 23.9. The molecule has 0 radical (unpaired) electrons. The quantitative estimate of drug-likeness (QED) is 0.0420. The van der Waals surface area contributed by atoms with Gasteiger partial charge in [-0.1, -0.05) is 356 Å². The number of carbonyl (C=O) groups excluding carboxylic acids is 1. The Labute approximate surface area is 489 Å². The Morgan fingerprint density at radius 3 is 0.833 bits per heavy atom. The van der Waals surface area contributed by atoms with Crippen LogP contribution in [0.3, 0.4) is 0 Å². The van der Waals surface area contributed by atoms with E-state index in [1.54, 1.807) is 6.08 Å². The number of nitrogens with one attached hydrogen (secondary N) is 1. The van der Waals surface area contributed by atoms with Gasteiger partial charge in [0.25, 0.3) is 0 Å². The summed E-state index contributed by atoms with van der Waals surface area (Å²) in [5, 5.41) is 23.3. The molecule has 3 N–H and O–H groups in total. The maximum atomic E-state index is 12.5. The molecule has 0 saturated heterocycles. The Balaban J connectivity index is 3.50. The van der Waals surface area contributed by atoms with E-state index < -0.39 is 12.1 Å². The zero-order chi connectivity index (χ0) is 56.2. The molecule has 2 atom stereocenters. The smallest absolute Gasteiger partial charge is 0.220 e. The molecular formula is C74H137NO3. The first-order valence-corrected chi connectivity index (χ1v) is 35.2. The van der Waals surface area contributed by atoms with Crippen molar-refractivity contribution < 1.29 is 15.0 Å². The summed E-state index contributed by atoms with van der Waals surface area (Å²) in [6.07, 6.45) is 99.9. The number of hydrogen-bond donors (Lipinski definition) is 3. The highest BCUT2D eigenvalue weighted by Gasteiger charge is 2.18. The third-order valence-corrected chi connectivity index (χ3v) is 16.1. The molecule has 0 bridgehead atoms. The molecule has 0 aliphatic heterocycles. The highest BCUT2D eigenvalue weighted by atomic mass is 16.3. The SMILES string of the molecule is CCCCCCC/C=C\C/C=C\C/C=C\CCCCCCCCCCCCCCCCCCCCC(=O)NC(CO)C(O)/C=C/CC/C=C/CC/C=C/CCCCCCCCCCCCCCCCCCCCCCCCC. The molecule has 0 aromatic rings. The van der Waals surface area contributed by atoms with Crippen molar-refractivity contribution in [3.8, 4) is 0 Å². The third-order valence-electron chi connectivity index (χ3n) is 16.1. The molecule has 0 spiro atoms. The lowest BCUT2D eigenvalue weighted by Crippen LogP contribution is -2.45. The van der Waals surface area contributed by atoms with Gasteiger partial charge in [0.2, 0.25) is 5.91 Å². The van der Waals surface area contributed by atoms with Crippen LogP contribution in [0, 0.1) is 0 Å². The number of unbranched alkanes of at least 4 members (excludes halogenated alkanes) is 48. The van der Waals surface area contributed by atoms with E-state index in [-0.39, 0.29) is 12.5 Å². The van der Waals surface area contributed by atoms with Crippen LogP contribution in [0.4, 0.5) is 0 Å². The number of rotatable bonds is 65. The Kier molecular flexibility index (Phi) is 67.2. The highest BCUT2D eigenvalue weighted by Crippen LogP contribution is 2.18. The maximum absolute atomic E-state index is 12.5. The third kappa shape index (κ3) is 64.6. The lowest BCUT2D eigenvalue weighted by Gasteiger charge is -2.19. The first-order chi connectivity index (χ1) is 38.7. The van der Waals surface area contributed by atoms with Crippen molar-refractivity contribution in [3.05, 3.63) is 72.9 Å². The minimum atomic E-state index is -0.875. The number of aliphatic hydroxyl groups is 2. The molecule has 0 fully saturated rings. The summed E-state index contributed by atoms with van der Waals surface area (Å²) in [6, 6.07) is -0.650. The van der Waals surface area contributed by atoms with Gasteiger partial charge in [0.1, 0.15) is 0 Å². The normalized spacial score (nSPS) is 13.1. The monoisotopic (exact) mass is 1090 g/mol.